The normalized spacial score (nSPS) is 24.9. The molecule has 0 aromatic rings. The van der Waals surface area contributed by atoms with Gasteiger partial charge in [-0.1, -0.05) is 0 Å². The lowest BCUT2D eigenvalue weighted by Crippen LogP contribution is -2.43. The molecule has 1 aliphatic heterocycles. The van der Waals surface area contributed by atoms with Crippen molar-refractivity contribution in [1.29, 1.82) is 0 Å². The van der Waals surface area contributed by atoms with E-state index in [1.165, 1.54) is 4.90 Å². The summed E-state index contributed by atoms with van der Waals surface area (Å²) >= 11 is 0. The Hall–Kier alpha value is -1.14. The van der Waals surface area contributed by atoms with Crippen LogP contribution in [0.1, 0.15) is 6.42 Å². The molecule has 0 aromatic heterocycles. The van der Waals surface area contributed by atoms with Crippen LogP contribution in [0.4, 0.5) is 0 Å². The average molecular weight is 187 g/mol. The predicted octanol–water partition coefficient (Wildman–Crippen LogP) is -2.61. The van der Waals surface area contributed by atoms with Crippen molar-refractivity contribution in [1.82, 2.24) is 4.90 Å². The van der Waals surface area contributed by atoms with Gasteiger partial charge in [-0.15, -0.1) is 0 Å². The van der Waals surface area contributed by atoms with Gasteiger partial charge in [0.2, 0.25) is 11.8 Å². The molecule has 1 heterocycles. The number of aliphatic hydroxyl groups excluding tert-OH is 1. The topological polar surface area (TPSA) is 110 Å². The van der Waals surface area contributed by atoms with Crippen molar-refractivity contribution in [3.8, 4) is 0 Å². The van der Waals surface area contributed by atoms with Gasteiger partial charge in [0.05, 0.1) is 12.6 Å². The van der Waals surface area contributed by atoms with Crippen LogP contribution >= 0.6 is 0 Å². The molecule has 0 bridgehead atoms. The highest BCUT2D eigenvalue weighted by molar-refractivity contribution is 5.85. The van der Waals surface area contributed by atoms with Gasteiger partial charge >= 0.3 is 0 Å². The number of hydrogen-bond donors (Lipinski definition) is 3. The lowest BCUT2D eigenvalue weighted by Gasteiger charge is -2.17. The molecule has 6 heteroatoms. The first kappa shape index (κ1) is 9.94. The highest BCUT2D eigenvalue weighted by atomic mass is 16.3. The number of hydrogen-bond acceptors (Lipinski definition) is 4. The minimum absolute atomic E-state index is 0.0537. The summed E-state index contributed by atoms with van der Waals surface area (Å²) in [6.45, 7) is 0.423. The van der Waals surface area contributed by atoms with Crippen molar-refractivity contribution in [2.45, 2.75) is 18.6 Å². The molecule has 5 N–H and O–H groups in total. The maximum atomic E-state index is 11.2. The molecular formula is C7H13N3O3. The van der Waals surface area contributed by atoms with Crippen LogP contribution in [0.25, 0.3) is 0 Å². The third kappa shape index (κ3) is 2.16. The van der Waals surface area contributed by atoms with E-state index in [1.54, 1.807) is 0 Å². The van der Waals surface area contributed by atoms with E-state index in [4.69, 9.17) is 16.6 Å². The molecule has 1 saturated heterocycles. The first-order valence-corrected chi connectivity index (χ1v) is 4.04. The molecule has 0 saturated carbocycles. The van der Waals surface area contributed by atoms with Crippen LogP contribution in [0.2, 0.25) is 0 Å². The quantitative estimate of drug-likeness (QED) is 0.449. The Morgan fingerprint density at radius 2 is 2.38 bits per heavy atom. The summed E-state index contributed by atoms with van der Waals surface area (Å²) in [4.78, 5) is 23.0. The van der Waals surface area contributed by atoms with Gasteiger partial charge in [-0.3, -0.25) is 9.59 Å². The molecule has 2 atom stereocenters. The Morgan fingerprint density at radius 3 is 2.77 bits per heavy atom. The van der Waals surface area contributed by atoms with E-state index < -0.39 is 18.1 Å². The fraction of sp³-hybridized carbons (Fsp3) is 0.714. The zero-order chi connectivity index (χ0) is 10.0. The summed E-state index contributed by atoms with van der Waals surface area (Å²) in [6.07, 6.45) is -0.737. The second-order valence-corrected chi connectivity index (χ2v) is 3.10. The number of β-amino-alcohol motifs (C(OH)–C–C–N with tert-alkyl or cyclic N) is 1. The fourth-order valence-corrected chi connectivity index (χ4v) is 1.24. The van der Waals surface area contributed by atoms with Gasteiger partial charge in [0, 0.05) is 6.54 Å². The maximum Gasteiger partial charge on any atom is 0.248 e. The lowest BCUT2D eigenvalue weighted by molar-refractivity contribution is -0.133. The smallest absolute Gasteiger partial charge is 0.248 e. The van der Waals surface area contributed by atoms with E-state index in [0.29, 0.717) is 13.0 Å². The molecule has 2 amide bonds. The monoisotopic (exact) mass is 187 g/mol. The molecule has 6 nitrogen and oxygen atoms in total. The summed E-state index contributed by atoms with van der Waals surface area (Å²) in [6, 6.07) is -0.500. The Morgan fingerprint density at radius 1 is 1.77 bits per heavy atom. The molecule has 1 aliphatic rings. The molecule has 0 spiro atoms. The van der Waals surface area contributed by atoms with Crippen LogP contribution in [0, 0.1) is 0 Å². The molecule has 13 heavy (non-hydrogen) atoms. The van der Waals surface area contributed by atoms with E-state index in [1.807, 2.05) is 0 Å². The molecule has 74 valence electrons. The van der Waals surface area contributed by atoms with Gasteiger partial charge in [-0.05, 0) is 6.42 Å². The number of rotatable bonds is 3. The van der Waals surface area contributed by atoms with Crippen molar-refractivity contribution >= 4 is 11.8 Å². The largest absolute Gasteiger partial charge is 0.381 e. The zero-order valence-corrected chi connectivity index (χ0v) is 7.14. The van der Waals surface area contributed by atoms with E-state index in [-0.39, 0.29) is 12.5 Å². The minimum Gasteiger partial charge on any atom is -0.381 e. The third-order valence-corrected chi connectivity index (χ3v) is 2.06. The van der Waals surface area contributed by atoms with Crippen LogP contribution in [-0.2, 0) is 9.59 Å². The fourth-order valence-electron chi connectivity index (χ4n) is 1.24. The summed E-state index contributed by atoms with van der Waals surface area (Å²) < 4.78 is 0. The molecule has 0 aliphatic carbocycles. The maximum absolute atomic E-state index is 11.2. The molecule has 1 fully saturated rings. The summed E-state index contributed by atoms with van der Waals surface area (Å²) in [7, 11) is 0. The van der Waals surface area contributed by atoms with Crippen molar-refractivity contribution < 1.29 is 14.7 Å². The van der Waals surface area contributed by atoms with Crippen LogP contribution in [0.15, 0.2) is 0 Å². The van der Waals surface area contributed by atoms with Gasteiger partial charge in [0.1, 0.15) is 6.10 Å². The van der Waals surface area contributed by atoms with Crippen molar-refractivity contribution in [2.24, 2.45) is 11.5 Å². The number of carbonyl (C=O) groups is 2. The van der Waals surface area contributed by atoms with E-state index in [0.717, 1.165) is 0 Å². The first-order chi connectivity index (χ1) is 6.02. The second-order valence-electron chi connectivity index (χ2n) is 3.10. The van der Waals surface area contributed by atoms with Gasteiger partial charge in [-0.2, -0.15) is 0 Å². The highest BCUT2D eigenvalue weighted by Crippen LogP contribution is 2.08. The Labute approximate surface area is 75.5 Å². The Kier molecular flexibility index (Phi) is 2.84. The van der Waals surface area contributed by atoms with E-state index in [9.17, 15) is 9.59 Å². The second kappa shape index (κ2) is 3.71. The van der Waals surface area contributed by atoms with E-state index in [2.05, 4.69) is 0 Å². The standard InChI is InChI=1S/C7H13N3O3/c8-4-1-2-10(7(4)13)3-5(11)6(9)12/h4-5,11H,1-3,8H2,(H2,9,12). The number of nitrogens with zero attached hydrogens (tertiary/aromatic N) is 1. The van der Waals surface area contributed by atoms with E-state index >= 15 is 0 Å². The van der Waals surface area contributed by atoms with Crippen molar-refractivity contribution in [2.75, 3.05) is 13.1 Å². The predicted molar refractivity (Wildman–Crippen MR) is 44.4 cm³/mol. The van der Waals surface area contributed by atoms with Crippen LogP contribution in [0.3, 0.4) is 0 Å². The van der Waals surface area contributed by atoms with Gasteiger partial charge in [-0.25, -0.2) is 0 Å². The zero-order valence-electron chi connectivity index (χ0n) is 7.14. The number of primary amides is 1. The Balaban J connectivity index is 2.47. The number of likely N-dealkylation sites (tertiary alicyclic amines) is 1. The highest BCUT2D eigenvalue weighted by Gasteiger charge is 2.30. The summed E-state index contributed by atoms with van der Waals surface area (Å²) in [5.74, 6) is -1.06. The van der Waals surface area contributed by atoms with Gasteiger partial charge in [0.15, 0.2) is 0 Å². The van der Waals surface area contributed by atoms with Crippen molar-refractivity contribution in [3.05, 3.63) is 0 Å². The molecule has 0 radical (unpaired) electrons. The van der Waals surface area contributed by atoms with Gasteiger partial charge < -0.3 is 21.5 Å². The molecule has 0 aromatic carbocycles. The van der Waals surface area contributed by atoms with Crippen molar-refractivity contribution in [3.63, 3.8) is 0 Å². The van der Waals surface area contributed by atoms with Crippen LogP contribution in [-0.4, -0.2) is 47.1 Å². The summed E-state index contributed by atoms with van der Waals surface area (Å²) in [5.41, 5.74) is 10.3. The van der Waals surface area contributed by atoms with Crippen LogP contribution in [0.5, 0.6) is 0 Å². The average Bonchev–Trinajstić information content (AvgIpc) is 2.36. The molecule has 2 unspecified atom stereocenters. The summed E-state index contributed by atoms with van der Waals surface area (Å²) in [5, 5.41) is 9.08. The first-order valence-electron chi connectivity index (χ1n) is 4.04. The number of nitrogens with two attached hydrogens (primary N) is 2. The SMILES string of the molecule is NC(=O)C(O)CN1CCC(N)C1=O. The lowest BCUT2D eigenvalue weighted by atomic mass is 10.3. The molecular weight excluding hydrogens is 174 g/mol. The number of amides is 2. The Bertz CT molecular complexity index is 231. The number of aliphatic hydroxyl groups is 1. The van der Waals surface area contributed by atoms with Gasteiger partial charge in [0.25, 0.3) is 0 Å². The third-order valence-electron chi connectivity index (χ3n) is 2.06. The number of carbonyl (C=O) groups excluding carboxylic acids is 2. The van der Waals surface area contributed by atoms with Crippen LogP contribution < -0.4 is 11.5 Å². The minimum atomic E-state index is -1.30. The molecule has 1 rings (SSSR count).